The standard InChI is InChI=1S/C36H28N2/c1-3-10-33-25(2)30-11-4-7-14-34(30)37(33)28-21-17-26(18-22-28)27-19-23-29(24-20-27)38-35-15-8-5-12-31(35)32-13-6-9-16-36(32)38/h3-24H,1-2H3/b10-3-. The molecular formula is C36H28N2. The van der Waals surface area contributed by atoms with Crippen molar-refractivity contribution in [3.05, 3.63) is 139 Å². The van der Waals surface area contributed by atoms with Gasteiger partial charge in [-0.3, -0.25) is 0 Å². The Hall–Kier alpha value is -4.82. The predicted molar refractivity (Wildman–Crippen MR) is 162 cm³/mol. The van der Waals surface area contributed by atoms with Crippen molar-refractivity contribution in [2.75, 3.05) is 0 Å². The van der Waals surface area contributed by atoms with Gasteiger partial charge in [-0.15, -0.1) is 0 Å². The fourth-order valence-corrected chi connectivity index (χ4v) is 5.86. The fourth-order valence-electron chi connectivity index (χ4n) is 5.86. The number of benzene rings is 5. The van der Waals surface area contributed by atoms with Gasteiger partial charge < -0.3 is 9.13 Å². The van der Waals surface area contributed by atoms with Crippen molar-refractivity contribution in [1.29, 1.82) is 0 Å². The molecule has 0 N–H and O–H groups in total. The van der Waals surface area contributed by atoms with E-state index in [4.69, 9.17) is 0 Å². The topological polar surface area (TPSA) is 9.86 Å². The van der Waals surface area contributed by atoms with Gasteiger partial charge in [-0.1, -0.05) is 84.9 Å². The third-order valence-corrected chi connectivity index (χ3v) is 7.66. The monoisotopic (exact) mass is 488 g/mol. The first-order valence-corrected chi connectivity index (χ1v) is 13.2. The van der Waals surface area contributed by atoms with Crippen molar-refractivity contribution in [2.45, 2.75) is 13.8 Å². The number of aromatic nitrogens is 2. The Morgan fingerprint density at radius 2 is 0.895 bits per heavy atom. The van der Waals surface area contributed by atoms with Crippen LogP contribution in [0, 0.1) is 6.92 Å². The molecule has 0 aliphatic rings. The fraction of sp³-hybridized carbons (Fsp3) is 0.0556. The Bertz CT molecular complexity index is 1910. The van der Waals surface area contributed by atoms with E-state index in [2.05, 4.69) is 156 Å². The van der Waals surface area contributed by atoms with Gasteiger partial charge >= 0.3 is 0 Å². The molecule has 2 heteroatoms. The number of hydrogen-bond acceptors (Lipinski definition) is 0. The van der Waals surface area contributed by atoms with Crippen LogP contribution in [0.15, 0.2) is 127 Å². The number of nitrogens with zero attached hydrogens (tertiary/aromatic N) is 2. The van der Waals surface area contributed by atoms with Gasteiger partial charge in [0.2, 0.25) is 0 Å². The van der Waals surface area contributed by atoms with Gasteiger partial charge in [0.15, 0.2) is 0 Å². The minimum atomic E-state index is 1.17. The zero-order chi connectivity index (χ0) is 25.6. The number of para-hydroxylation sites is 3. The lowest BCUT2D eigenvalue weighted by atomic mass is 10.0. The summed E-state index contributed by atoms with van der Waals surface area (Å²) in [7, 11) is 0. The maximum Gasteiger partial charge on any atom is 0.0541 e. The lowest BCUT2D eigenvalue weighted by Crippen LogP contribution is -1.97. The summed E-state index contributed by atoms with van der Waals surface area (Å²) in [6, 6.07) is 43.8. The molecule has 38 heavy (non-hydrogen) atoms. The number of hydrogen-bond donors (Lipinski definition) is 0. The van der Waals surface area contributed by atoms with Crippen LogP contribution in [-0.4, -0.2) is 9.13 Å². The van der Waals surface area contributed by atoms with E-state index >= 15 is 0 Å². The summed E-state index contributed by atoms with van der Waals surface area (Å²) >= 11 is 0. The molecule has 0 saturated carbocycles. The second-order valence-electron chi connectivity index (χ2n) is 9.83. The van der Waals surface area contributed by atoms with Crippen molar-refractivity contribution in [3.8, 4) is 22.5 Å². The van der Waals surface area contributed by atoms with Crippen LogP contribution in [0.2, 0.25) is 0 Å². The van der Waals surface area contributed by atoms with Gasteiger partial charge in [0.05, 0.1) is 16.6 Å². The highest BCUT2D eigenvalue weighted by atomic mass is 15.0. The summed E-state index contributed by atoms with van der Waals surface area (Å²) in [5.41, 5.74) is 11.0. The van der Waals surface area contributed by atoms with E-state index in [1.54, 1.807) is 0 Å². The average molecular weight is 489 g/mol. The summed E-state index contributed by atoms with van der Waals surface area (Å²) in [5.74, 6) is 0. The van der Waals surface area contributed by atoms with Gasteiger partial charge in [-0.2, -0.15) is 0 Å². The average Bonchev–Trinajstić information content (AvgIpc) is 3.46. The SMILES string of the molecule is C/C=C\c1c(C)c2ccccc2n1-c1ccc(-c2ccc(-n3c4ccccc4c4ccccc43)cc2)cc1. The van der Waals surface area contributed by atoms with Crippen LogP contribution >= 0.6 is 0 Å². The molecule has 5 aromatic carbocycles. The quantitative estimate of drug-likeness (QED) is 0.233. The molecule has 0 bridgehead atoms. The van der Waals surface area contributed by atoms with Crippen LogP contribution in [0.25, 0.3) is 61.3 Å². The summed E-state index contributed by atoms with van der Waals surface area (Å²) in [6.07, 6.45) is 4.32. The number of fused-ring (bicyclic) bond motifs is 4. The highest BCUT2D eigenvalue weighted by molar-refractivity contribution is 6.09. The number of allylic oxidation sites excluding steroid dienone is 1. The normalized spacial score (nSPS) is 11.8. The first kappa shape index (κ1) is 22.4. The highest BCUT2D eigenvalue weighted by Gasteiger charge is 2.14. The predicted octanol–water partition coefficient (Wildman–Crippen LogP) is 9.74. The molecule has 2 aromatic heterocycles. The highest BCUT2D eigenvalue weighted by Crippen LogP contribution is 2.34. The van der Waals surface area contributed by atoms with Crippen molar-refractivity contribution in [2.24, 2.45) is 0 Å². The smallest absolute Gasteiger partial charge is 0.0541 e. The molecule has 0 saturated heterocycles. The molecule has 2 heterocycles. The molecule has 0 radical (unpaired) electrons. The van der Waals surface area contributed by atoms with Gasteiger partial charge in [-0.25, -0.2) is 0 Å². The Kier molecular flexibility index (Phi) is 5.26. The minimum Gasteiger partial charge on any atom is -0.310 e. The number of rotatable bonds is 4. The van der Waals surface area contributed by atoms with E-state index in [9.17, 15) is 0 Å². The van der Waals surface area contributed by atoms with Crippen molar-refractivity contribution in [1.82, 2.24) is 9.13 Å². The molecule has 0 fully saturated rings. The van der Waals surface area contributed by atoms with Crippen LogP contribution in [0.5, 0.6) is 0 Å². The minimum absolute atomic E-state index is 1.17. The van der Waals surface area contributed by atoms with Crippen molar-refractivity contribution >= 4 is 38.8 Å². The van der Waals surface area contributed by atoms with Crippen LogP contribution in [0.1, 0.15) is 18.2 Å². The van der Waals surface area contributed by atoms with Crippen molar-refractivity contribution in [3.63, 3.8) is 0 Å². The summed E-state index contributed by atoms with van der Waals surface area (Å²) in [5, 5.41) is 3.87. The lowest BCUT2D eigenvalue weighted by Gasteiger charge is -2.12. The molecule has 0 spiro atoms. The Balaban J connectivity index is 1.28. The second kappa shape index (κ2) is 8.93. The zero-order valence-electron chi connectivity index (χ0n) is 21.6. The van der Waals surface area contributed by atoms with Crippen molar-refractivity contribution < 1.29 is 0 Å². The molecule has 0 atom stereocenters. The van der Waals surface area contributed by atoms with Crippen LogP contribution in [0.4, 0.5) is 0 Å². The van der Waals surface area contributed by atoms with E-state index in [1.165, 1.54) is 66.5 Å². The van der Waals surface area contributed by atoms with E-state index in [-0.39, 0.29) is 0 Å². The lowest BCUT2D eigenvalue weighted by molar-refractivity contribution is 1.10. The maximum absolute atomic E-state index is 2.36. The Morgan fingerprint density at radius 1 is 0.474 bits per heavy atom. The molecule has 7 rings (SSSR count). The van der Waals surface area contributed by atoms with E-state index in [0.29, 0.717) is 0 Å². The molecular weight excluding hydrogens is 460 g/mol. The van der Waals surface area contributed by atoms with Gasteiger partial charge in [0, 0.05) is 33.2 Å². The van der Waals surface area contributed by atoms with Crippen LogP contribution in [0.3, 0.4) is 0 Å². The molecule has 0 unspecified atom stereocenters. The molecule has 182 valence electrons. The largest absolute Gasteiger partial charge is 0.310 e. The van der Waals surface area contributed by atoms with E-state index in [1.807, 2.05) is 0 Å². The van der Waals surface area contributed by atoms with Crippen LogP contribution < -0.4 is 0 Å². The van der Waals surface area contributed by atoms with Gasteiger partial charge in [-0.05, 0) is 79.1 Å². The Morgan fingerprint density at radius 3 is 1.39 bits per heavy atom. The third-order valence-electron chi connectivity index (χ3n) is 7.66. The number of aryl methyl sites for hydroxylation is 1. The Labute approximate surface area is 222 Å². The molecule has 0 aliphatic carbocycles. The first-order chi connectivity index (χ1) is 18.7. The van der Waals surface area contributed by atoms with Gasteiger partial charge in [0.25, 0.3) is 0 Å². The van der Waals surface area contributed by atoms with E-state index < -0.39 is 0 Å². The van der Waals surface area contributed by atoms with E-state index in [0.717, 1.165) is 0 Å². The summed E-state index contributed by atoms with van der Waals surface area (Å²) in [6.45, 7) is 4.29. The molecule has 0 aliphatic heterocycles. The molecule has 7 aromatic rings. The molecule has 0 amide bonds. The summed E-state index contributed by atoms with van der Waals surface area (Å²) in [4.78, 5) is 0. The third kappa shape index (κ3) is 3.42. The first-order valence-electron chi connectivity index (χ1n) is 13.2. The maximum atomic E-state index is 2.36. The summed E-state index contributed by atoms with van der Waals surface area (Å²) < 4.78 is 4.72. The zero-order valence-corrected chi connectivity index (χ0v) is 21.6. The van der Waals surface area contributed by atoms with Gasteiger partial charge in [0.1, 0.15) is 0 Å². The van der Waals surface area contributed by atoms with Crippen LogP contribution in [-0.2, 0) is 0 Å². The second-order valence-corrected chi connectivity index (χ2v) is 9.83. The molecule has 2 nitrogen and oxygen atoms in total.